The van der Waals surface area contributed by atoms with Crippen LogP contribution in [0.5, 0.6) is 11.5 Å². The summed E-state index contributed by atoms with van der Waals surface area (Å²) in [7, 11) is 0. The first-order valence-electron chi connectivity index (χ1n) is 7.89. The maximum absolute atomic E-state index is 11.2. The molecule has 1 rings (SSSR count). The first kappa shape index (κ1) is 18.3. The number of rotatable bonds is 10. The summed E-state index contributed by atoms with van der Waals surface area (Å²) in [6, 6.07) is 5.83. The maximum Gasteiger partial charge on any atom is 0.307 e. The van der Waals surface area contributed by atoms with Gasteiger partial charge in [0.2, 0.25) is 0 Å². The minimum atomic E-state index is -0.836. The second-order valence-electron chi connectivity index (χ2n) is 5.18. The van der Waals surface area contributed by atoms with Gasteiger partial charge in [0, 0.05) is 6.54 Å². The van der Waals surface area contributed by atoms with Crippen LogP contribution in [0.25, 0.3) is 0 Å². The van der Waals surface area contributed by atoms with Crippen LogP contribution in [-0.4, -0.2) is 30.8 Å². The van der Waals surface area contributed by atoms with Gasteiger partial charge in [-0.3, -0.25) is 4.79 Å². The van der Waals surface area contributed by atoms with Crippen LogP contribution < -0.4 is 15.2 Å². The number of carbonyl (C=O) groups is 1. The molecule has 0 radical (unpaired) electrons. The highest BCUT2D eigenvalue weighted by molar-refractivity contribution is 5.70. The van der Waals surface area contributed by atoms with Gasteiger partial charge in [-0.15, -0.1) is 0 Å². The van der Waals surface area contributed by atoms with E-state index in [2.05, 4.69) is 6.92 Å². The van der Waals surface area contributed by atoms with E-state index in [-0.39, 0.29) is 12.5 Å². The summed E-state index contributed by atoms with van der Waals surface area (Å²) in [6.45, 7) is 7.19. The minimum absolute atomic E-state index is 0.138. The van der Waals surface area contributed by atoms with Crippen molar-refractivity contribution in [3.63, 3.8) is 0 Å². The van der Waals surface area contributed by atoms with Gasteiger partial charge in [0.15, 0.2) is 11.5 Å². The fraction of sp³-hybridized carbons (Fsp3) is 0.588. The zero-order chi connectivity index (χ0) is 16.5. The van der Waals surface area contributed by atoms with Crippen LogP contribution in [0.2, 0.25) is 0 Å². The molecule has 0 spiro atoms. The molecule has 0 fully saturated rings. The fourth-order valence-corrected chi connectivity index (χ4v) is 2.50. The van der Waals surface area contributed by atoms with Crippen LogP contribution in [0.15, 0.2) is 18.2 Å². The zero-order valence-corrected chi connectivity index (χ0v) is 13.7. The van der Waals surface area contributed by atoms with Gasteiger partial charge in [-0.05, 0) is 50.3 Å². The number of carboxylic acids is 1. The molecule has 5 heteroatoms. The van der Waals surface area contributed by atoms with E-state index < -0.39 is 11.9 Å². The Morgan fingerprint density at radius 2 is 1.82 bits per heavy atom. The van der Waals surface area contributed by atoms with E-state index in [1.54, 1.807) is 0 Å². The Bertz CT molecular complexity index is 476. The van der Waals surface area contributed by atoms with Gasteiger partial charge < -0.3 is 20.3 Å². The molecule has 0 aliphatic rings. The summed E-state index contributed by atoms with van der Waals surface area (Å²) >= 11 is 0. The third-order valence-corrected chi connectivity index (χ3v) is 3.73. The molecule has 2 unspecified atom stereocenters. The van der Waals surface area contributed by atoms with E-state index in [0.29, 0.717) is 25.4 Å². The van der Waals surface area contributed by atoms with Gasteiger partial charge in [0.25, 0.3) is 0 Å². The Hall–Kier alpha value is -1.75. The fourth-order valence-electron chi connectivity index (χ4n) is 2.50. The molecular weight excluding hydrogens is 282 g/mol. The second-order valence-corrected chi connectivity index (χ2v) is 5.18. The van der Waals surface area contributed by atoms with E-state index >= 15 is 0 Å². The predicted molar refractivity (Wildman–Crippen MR) is 86.6 cm³/mol. The molecule has 1 aromatic rings. The van der Waals surface area contributed by atoms with Gasteiger partial charge in [0.05, 0.1) is 19.1 Å². The predicted octanol–water partition coefficient (Wildman–Crippen LogP) is 3.03. The van der Waals surface area contributed by atoms with Crippen LogP contribution in [0.1, 0.15) is 45.1 Å². The lowest BCUT2D eigenvalue weighted by molar-refractivity contribution is -0.141. The Balaban J connectivity index is 3.00. The Kier molecular flexibility index (Phi) is 7.74. The first-order chi connectivity index (χ1) is 10.6. The third-order valence-electron chi connectivity index (χ3n) is 3.73. The van der Waals surface area contributed by atoms with E-state index in [0.717, 1.165) is 17.7 Å². The average Bonchev–Trinajstić information content (AvgIpc) is 2.50. The van der Waals surface area contributed by atoms with Crippen molar-refractivity contribution in [3.8, 4) is 11.5 Å². The lowest BCUT2D eigenvalue weighted by Crippen LogP contribution is -2.25. The largest absolute Gasteiger partial charge is 0.490 e. The molecule has 0 saturated carbocycles. The average molecular weight is 309 g/mol. The molecule has 3 N–H and O–H groups in total. The normalized spacial score (nSPS) is 13.5. The molecule has 124 valence electrons. The van der Waals surface area contributed by atoms with Crippen molar-refractivity contribution in [1.82, 2.24) is 0 Å². The van der Waals surface area contributed by atoms with Gasteiger partial charge in [-0.2, -0.15) is 0 Å². The highest BCUT2D eigenvalue weighted by Gasteiger charge is 2.22. The summed E-state index contributed by atoms with van der Waals surface area (Å²) in [5, 5.41) is 9.19. The van der Waals surface area contributed by atoms with E-state index in [9.17, 15) is 9.90 Å². The Morgan fingerprint density at radius 1 is 1.18 bits per heavy atom. The molecule has 0 amide bonds. The highest BCUT2D eigenvalue weighted by atomic mass is 16.5. The van der Waals surface area contributed by atoms with Crippen molar-refractivity contribution in [2.24, 2.45) is 11.7 Å². The molecule has 0 bridgehead atoms. The van der Waals surface area contributed by atoms with Crippen molar-refractivity contribution >= 4 is 5.97 Å². The monoisotopic (exact) mass is 309 g/mol. The van der Waals surface area contributed by atoms with E-state index in [1.165, 1.54) is 0 Å². The molecule has 0 aliphatic carbocycles. The Morgan fingerprint density at radius 3 is 2.32 bits per heavy atom. The van der Waals surface area contributed by atoms with Gasteiger partial charge >= 0.3 is 5.97 Å². The molecule has 5 nitrogen and oxygen atoms in total. The minimum Gasteiger partial charge on any atom is -0.490 e. The van der Waals surface area contributed by atoms with Gasteiger partial charge in [-0.1, -0.05) is 13.0 Å². The van der Waals surface area contributed by atoms with Crippen LogP contribution >= 0.6 is 0 Å². The molecule has 2 atom stereocenters. The number of hydrogen-bond donors (Lipinski definition) is 2. The topological polar surface area (TPSA) is 81.8 Å². The van der Waals surface area contributed by atoms with Gasteiger partial charge in [-0.25, -0.2) is 0 Å². The highest BCUT2D eigenvalue weighted by Crippen LogP contribution is 2.34. The first-order valence-corrected chi connectivity index (χ1v) is 7.89. The molecule has 0 aromatic heterocycles. The van der Waals surface area contributed by atoms with Gasteiger partial charge in [0.1, 0.15) is 0 Å². The van der Waals surface area contributed by atoms with Crippen molar-refractivity contribution in [2.75, 3.05) is 19.8 Å². The molecule has 1 aromatic carbocycles. The smallest absolute Gasteiger partial charge is 0.307 e. The summed E-state index contributed by atoms with van der Waals surface area (Å²) in [4.78, 5) is 11.2. The molecule has 22 heavy (non-hydrogen) atoms. The molecule has 0 saturated heterocycles. The number of hydrogen-bond acceptors (Lipinski definition) is 4. The lowest BCUT2D eigenvalue weighted by Gasteiger charge is -2.21. The maximum atomic E-state index is 11.2. The van der Waals surface area contributed by atoms with E-state index in [1.807, 2.05) is 32.0 Å². The summed E-state index contributed by atoms with van der Waals surface area (Å²) in [5.74, 6) is 0.208. The van der Waals surface area contributed by atoms with Crippen LogP contribution in [0, 0.1) is 5.92 Å². The molecular formula is C17H27NO4. The number of carboxylic acid groups (broad SMARTS) is 1. The van der Waals surface area contributed by atoms with Crippen LogP contribution in [0.4, 0.5) is 0 Å². The number of aliphatic carboxylic acids is 1. The summed E-state index contributed by atoms with van der Waals surface area (Å²) in [5.41, 5.74) is 6.63. The second kappa shape index (κ2) is 9.30. The summed E-state index contributed by atoms with van der Waals surface area (Å²) in [6.07, 6.45) is 1.38. The number of benzene rings is 1. The molecule has 0 heterocycles. The van der Waals surface area contributed by atoms with Crippen LogP contribution in [-0.2, 0) is 4.79 Å². The standard InChI is InChI=1S/C17H27NO4/c1-4-12(9-14(11-18)17(19)20)13-7-8-15(21-5-2)16(10-13)22-6-3/h7-8,10,12,14H,4-6,9,11,18H2,1-3H3,(H,19,20). The lowest BCUT2D eigenvalue weighted by atomic mass is 9.86. The van der Waals surface area contributed by atoms with Crippen molar-refractivity contribution < 1.29 is 19.4 Å². The SMILES string of the molecule is CCOc1ccc(C(CC)CC(CN)C(=O)O)cc1OCC. The van der Waals surface area contributed by atoms with Crippen molar-refractivity contribution in [3.05, 3.63) is 23.8 Å². The van der Waals surface area contributed by atoms with Crippen LogP contribution in [0.3, 0.4) is 0 Å². The number of ether oxygens (including phenoxy) is 2. The molecule has 0 aliphatic heterocycles. The van der Waals surface area contributed by atoms with Crippen molar-refractivity contribution in [2.45, 2.75) is 39.5 Å². The summed E-state index contributed by atoms with van der Waals surface area (Å²) < 4.78 is 11.2. The number of nitrogens with two attached hydrogens (primary N) is 1. The Labute approximate surface area is 132 Å². The third kappa shape index (κ3) is 4.91. The quantitative estimate of drug-likeness (QED) is 0.694. The van der Waals surface area contributed by atoms with Crippen molar-refractivity contribution in [1.29, 1.82) is 0 Å². The zero-order valence-electron chi connectivity index (χ0n) is 13.7. The van der Waals surface area contributed by atoms with E-state index in [4.69, 9.17) is 15.2 Å².